The van der Waals surface area contributed by atoms with E-state index in [-0.39, 0.29) is 24.8 Å². The van der Waals surface area contributed by atoms with E-state index < -0.39 is 12.1 Å². The van der Waals surface area contributed by atoms with Crippen LogP contribution < -0.4 is 25.2 Å². The van der Waals surface area contributed by atoms with Crippen LogP contribution in [-0.4, -0.2) is 67.2 Å². The maximum Gasteiger partial charge on any atom is 0.416 e. The predicted octanol–water partition coefficient (Wildman–Crippen LogP) is 3.16. The SMILES string of the molecule is CN(Cc1csc(NC(=O)NCc2cccc(F)c2)n1)C(=O)Oc1cc(N(C)C)nc(N(C)C)n1. The quantitative estimate of drug-likeness (QED) is 0.483. The second-order valence-electron chi connectivity index (χ2n) is 7.96. The molecule has 0 atom stereocenters. The molecular weight excluding hydrogens is 475 g/mol. The molecule has 0 aliphatic carbocycles. The molecule has 3 amide bonds. The number of hydrogen-bond acceptors (Lipinski definition) is 9. The van der Waals surface area contributed by atoms with Crippen molar-refractivity contribution in [2.75, 3.05) is 50.4 Å². The van der Waals surface area contributed by atoms with Crippen molar-refractivity contribution in [3.05, 3.63) is 52.8 Å². The van der Waals surface area contributed by atoms with E-state index in [1.165, 1.54) is 28.4 Å². The molecule has 0 spiro atoms. The van der Waals surface area contributed by atoms with Gasteiger partial charge in [0.25, 0.3) is 0 Å². The van der Waals surface area contributed by atoms with Crippen LogP contribution in [-0.2, 0) is 13.1 Å². The van der Waals surface area contributed by atoms with Crippen molar-refractivity contribution < 1.29 is 18.7 Å². The van der Waals surface area contributed by atoms with E-state index >= 15 is 0 Å². The van der Waals surface area contributed by atoms with Gasteiger partial charge in [-0.1, -0.05) is 12.1 Å². The molecule has 3 rings (SSSR count). The number of amides is 3. The standard InChI is InChI=1S/C22H27FN8O3S/c1-29(2)17-10-18(27-19(26-17)30(3)4)34-22(33)31(5)12-16-13-35-21(25-16)28-20(32)24-11-14-7-6-8-15(23)9-14/h6-10,13H,11-12H2,1-5H3,(H2,24,25,28,32). The normalized spacial score (nSPS) is 10.5. The van der Waals surface area contributed by atoms with Crippen molar-refractivity contribution >= 4 is 40.4 Å². The summed E-state index contributed by atoms with van der Waals surface area (Å²) < 4.78 is 18.7. The number of nitrogens with one attached hydrogen (secondary N) is 2. The molecule has 0 saturated carbocycles. The molecule has 2 heterocycles. The first-order chi connectivity index (χ1) is 16.6. The van der Waals surface area contributed by atoms with Crippen LogP contribution in [0, 0.1) is 5.82 Å². The van der Waals surface area contributed by atoms with Gasteiger partial charge < -0.3 is 24.8 Å². The lowest BCUT2D eigenvalue weighted by molar-refractivity contribution is 0.158. The first-order valence-corrected chi connectivity index (χ1v) is 11.4. The van der Waals surface area contributed by atoms with Crippen LogP contribution in [0.25, 0.3) is 0 Å². The lowest BCUT2D eigenvalue weighted by atomic mass is 10.2. The Kier molecular flexibility index (Phi) is 8.36. The van der Waals surface area contributed by atoms with Crippen molar-refractivity contribution in [1.82, 2.24) is 25.2 Å². The number of nitrogens with zero attached hydrogens (tertiary/aromatic N) is 6. The van der Waals surface area contributed by atoms with Crippen LogP contribution in [0.5, 0.6) is 5.88 Å². The highest BCUT2D eigenvalue weighted by Gasteiger charge is 2.17. The summed E-state index contributed by atoms with van der Waals surface area (Å²) in [5.74, 6) is 0.764. The predicted molar refractivity (Wildman–Crippen MR) is 133 cm³/mol. The number of thiazole rings is 1. The molecule has 35 heavy (non-hydrogen) atoms. The molecule has 0 bridgehead atoms. The third-order valence-electron chi connectivity index (χ3n) is 4.55. The van der Waals surface area contributed by atoms with Crippen molar-refractivity contribution in [1.29, 1.82) is 0 Å². The second-order valence-corrected chi connectivity index (χ2v) is 8.82. The molecule has 0 radical (unpaired) electrons. The molecule has 0 aliphatic heterocycles. The number of carbonyl (C=O) groups excluding carboxylic acids is 2. The Bertz CT molecular complexity index is 1160. The van der Waals surface area contributed by atoms with Crippen molar-refractivity contribution in [3.8, 4) is 5.88 Å². The van der Waals surface area contributed by atoms with E-state index in [0.717, 1.165) is 0 Å². The number of benzene rings is 1. The van der Waals surface area contributed by atoms with E-state index in [2.05, 4.69) is 25.6 Å². The van der Waals surface area contributed by atoms with Gasteiger partial charge in [-0.05, 0) is 17.7 Å². The molecule has 13 heteroatoms. The van der Waals surface area contributed by atoms with E-state index in [1.807, 2.05) is 14.1 Å². The maximum atomic E-state index is 13.2. The van der Waals surface area contributed by atoms with Crippen molar-refractivity contribution in [2.45, 2.75) is 13.1 Å². The third kappa shape index (κ3) is 7.50. The summed E-state index contributed by atoms with van der Waals surface area (Å²) in [4.78, 5) is 42.5. The Balaban J connectivity index is 1.54. The molecule has 0 fully saturated rings. The van der Waals surface area contributed by atoms with Gasteiger partial charge in [0.15, 0.2) is 5.13 Å². The largest absolute Gasteiger partial charge is 0.416 e. The average Bonchev–Trinajstić information content (AvgIpc) is 3.23. The van der Waals surface area contributed by atoms with Crippen LogP contribution in [0.15, 0.2) is 35.7 Å². The van der Waals surface area contributed by atoms with Crippen LogP contribution in [0.2, 0.25) is 0 Å². The fourth-order valence-corrected chi connectivity index (χ4v) is 3.46. The number of rotatable bonds is 8. The highest BCUT2D eigenvalue weighted by atomic mass is 32.1. The van der Waals surface area contributed by atoms with Gasteiger partial charge in [0.05, 0.1) is 12.2 Å². The van der Waals surface area contributed by atoms with Gasteiger partial charge in [-0.25, -0.2) is 19.0 Å². The fraction of sp³-hybridized carbons (Fsp3) is 0.318. The minimum Gasteiger partial charge on any atom is -0.391 e. The summed E-state index contributed by atoms with van der Waals surface area (Å²) in [5, 5.41) is 7.36. The smallest absolute Gasteiger partial charge is 0.391 e. The Morgan fingerprint density at radius 2 is 1.83 bits per heavy atom. The number of anilines is 3. The summed E-state index contributed by atoms with van der Waals surface area (Å²) >= 11 is 1.22. The number of urea groups is 1. The van der Waals surface area contributed by atoms with Gasteiger partial charge in [0.1, 0.15) is 11.6 Å². The molecular formula is C22H27FN8O3S. The number of ether oxygens (including phenoxy) is 1. The number of carbonyl (C=O) groups is 2. The van der Waals surface area contributed by atoms with Gasteiger partial charge >= 0.3 is 12.1 Å². The first-order valence-electron chi connectivity index (χ1n) is 10.5. The van der Waals surface area contributed by atoms with Gasteiger partial charge in [0, 0.05) is 53.2 Å². The van der Waals surface area contributed by atoms with Crippen LogP contribution in [0.3, 0.4) is 0 Å². The Labute approximate surface area is 206 Å². The lowest BCUT2D eigenvalue weighted by Gasteiger charge is -2.19. The van der Waals surface area contributed by atoms with Gasteiger partial charge in [-0.15, -0.1) is 11.3 Å². The van der Waals surface area contributed by atoms with Crippen molar-refractivity contribution in [3.63, 3.8) is 0 Å². The highest BCUT2D eigenvalue weighted by molar-refractivity contribution is 7.13. The molecule has 2 aromatic heterocycles. The highest BCUT2D eigenvalue weighted by Crippen LogP contribution is 2.21. The monoisotopic (exact) mass is 502 g/mol. The number of hydrogen-bond donors (Lipinski definition) is 2. The first kappa shape index (κ1) is 25.6. The molecule has 11 nitrogen and oxygen atoms in total. The van der Waals surface area contributed by atoms with Crippen molar-refractivity contribution in [2.24, 2.45) is 0 Å². The summed E-state index contributed by atoms with van der Waals surface area (Å²) in [6, 6.07) is 7.08. The van der Waals surface area contributed by atoms with E-state index in [9.17, 15) is 14.0 Å². The van der Waals surface area contributed by atoms with E-state index in [1.54, 1.807) is 54.5 Å². The minimum absolute atomic E-state index is 0.125. The van der Waals surface area contributed by atoms with Gasteiger partial charge in [-0.3, -0.25) is 5.32 Å². The average molecular weight is 503 g/mol. The molecule has 1 aromatic carbocycles. The molecule has 3 aromatic rings. The maximum absolute atomic E-state index is 13.2. The van der Waals surface area contributed by atoms with Crippen LogP contribution in [0.4, 0.5) is 30.9 Å². The minimum atomic E-state index is -0.617. The molecule has 0 saturated heterocycles. The topological polar surface area (TPSA) is 116 Å². The molecule has 0 unspecified atom stereocenters. The summed E-state index contributed by atoms with van der Waals surface area (Å²) in [7, 11) is 8.82. The molecule has 0 aliphatic rings. The third-order valence-corrected chi connectivity index (χ3v) is 5.36. The zero-order chi connectivity index (χ0) is 25.5. The van der Waals surface area contributed by atoms with Gasteiger partial charge in [-0.2, -0.15) is 9.97 Å². The lowest BCUT2D eigenvalue weighted by Crippen LogP contribution is -2.30. The summed E-state index contributed by atoms with van der Waals surface area (Å²) in [6.45, 7) is 0.332. The Morgan fingerprint density at radius 1 is 1.06 bits per heavy atom. The van der Waals surface area contributed by atoms with Crippen LogP contribution >= 0.6 is 11.3 Å². The second kappa shape index (κ2) is 11.4. The van der Waals surface area contributed by atoms with E-state index in [0.29, 0.717) is 28.2 Å². The number of halogens is 1. The zero-order valence-electron chi connectivity index (χ0n) is 20.1. The molecule has 186 valence electrons. The Morgan fingerprint density at radius 3 is 2.51 bits per heavy atom. The van der Waals surface area contributed by atoms with Crippen LogP contribution in [0.1, 0.15) is 11.3 Å². The fourth-order valence-electron chi connectivity index (χ4n) is 2.76. The number of aromatic nitrogens is 3. The molecule has 2 N–H and O–H groups in total. The van der Waals surface area contributed by atoms with E-state index in [4.69, 9.17) is 4.74 Å². The zero-order valence-corrected chi connectivity index (χ0v) is 20.9. The summed E-state index contributed by atoms with van der Waals surface area (Å²) in [6.07, 6.45) is -0.617. The Hall–Kier alpha value is -4.00. The summed E-state index contributed by atoms with van der Waals surface area (Å²) in [5.41, 5.74) is 1.21. The van der Waals surface area contributed by atoms with Gasteiger partial charge in [0.2, 0.25) is 11.8 Å².